The number of rotatable bonds is 1. The summed E-state index contributed by atoms with van der Waals surface area (Å²) < 4.78 is 5.20. The molecule has 1 nitrogen and oxygen atoms in total. The first-order chi connectivity index (χ1) is 6.65. The zero-order valence-electron chi connectivity index (χ0n) is 8.63. The second kappa shape index (κ2) is 3.02. The molecule has 1 aliphatic carbocycles. The second-order valence-corrected chi connectivity index (χ2v) is 3.68. The number of benzene rings is 1. The Labute approximate surface area is 84.7 Å². The van der Waals surface area contributed by atoms with Crippen LogP contribution >= 0.6 is 0 Å². The fourth-order valence-corrected chi connectivity index (χ4v) is 1.92. The van der Waals surface area contributed by atoms with Gasteiger partial charge in [0.05, 0.1) is 7.11 Å². The highest BCUT2D eigenvalue weighted by atomic mass is 16.5. The highest BCUT2D eigenvalue weighted by Gasteiger charge is 2.25. The van der Waals surface area contributed by atoms with Crippen molar-refractivity contribution in [3.63, 3.8) is 0 Å². The molecule has 14 heavy (non-hydrogen) atoms. The van der Waals surface area contributed by atoms with Crippen molar-refractivity contribution in [3.8, 4) is 5.75 Å². The lowest BCUT2D eigenvalue weighted by molar-refractivity contribution is 0.414. The minimum Gasteiger partial charge on any atom is -0.497 e. The van der Waals surface area contributed by atoms with Crippen LogP contribution in [0.25, 0.3) is 5.57 Å². The van der Waals surface area contributed by atoms with Crippen molar-refractivity contribution in [2.75, 3.05) is 7.11 Å². The van der Waals surface area contributed by atoms with E-state index in [4.69, 9.17) is 4.74 Å². The van der Waals surface area contributed by atoms with Crippen LogP contribution in [0.5, 0.6) is 5.75 Å². The third-order valence-electron chi connectivity index (χ3n) is 2.96. The number of ether oxygens (including phenoxy) is 1. The molecule has 0 fully saturated rings. The molecule has 2 rings (SSSR count). The van der Waals surface area contributed by atoms with Crippen molar-refractivity contribution in [2.45, 2.75) is 12.8 Å². The smallest absolute Gasteiger partial charge is 0.119 e. The van der Waals surface area contributed by atoms with E-state index in [2.05, 4.69) is 32.2 Å². The van der Waals surface area contributed by atoms with Crippen LogP contribution in [0, 0.1) is 0 Å². The molecule has 0 spiro atoms. The molecule has 1 heteroatoms. The fourth-order valence-electron chi connectivity index (χ4n) is 1.92. The summed E-state index contributed by atoms with van der Waals surface area (Å²) in [4.78, 5) is 0. The van der Waals surface area contributed by atoms with Crippen LogP contribution in [0.4, 0.5) is 0 Å². The Hall–Kier alpha value is -1.50. The summed E-state index contributed by atoms with van der Waals surface area (Å²) >= 11 is 0. The Balaban J connectivity index is 2.59. The zero-order valence-corrected chi connectivity index (χ0v) is 8.63. The Morgan fingerprint density at radius 2 is 2.00 bits per heavy atom. The molecule has 0 aromatic heterocycles. The quantitative estimate of drug-likeness (QED) is 0.653. The van der Waals surface area contributed by atoms with E-state index in [0.717, 1.165) is 16.9 Å². The van der Waals surface area contributed by atoms with Crippen molar-refractivity contribution in [1.82, 2.24) is 0 Å². The summed E-state index contributed by atoms with van der Waals surface area (Å²) in [6, 6.07) is 6.10. The summed E-state index contributed by atoms with van der Waals surface area (Å²) in [5.41, 5.74) is 4.67. The van der Waals surface area contributed by atoms with Crippen molar-refractivity contribution in [2.24, 2.45) is 0 Å². The van der Waals surface area contributed by atoms with Gasteiger partial charge in [-0.1, -0.05) is 26.1 Å². The van der Waals surface area contributed by atoms with Gasteiger partial charge in [-0.25, -0.2) is 0 Å². The van der Waals surface area contributed by atoms with Crippen LogP contribution in [-0.4, -0.2) is 7.11 Å². The SMILES string of the molecule is C=C1C(=C)C(C)c2cc(OC)ccc21. The van der Waals surface area contributed by atoms with Gasteiger partial charge in [0.1, 0.15) is 5.75 Å². The van der Waals surface area contributed by atoms with Gasteiger partial charge in [-0.05, 0) is 34.4 Å². The van der Waals surface area contributed by atoms with E-state index >= 15 is 0 Å². The minimum absolute atomic E-state index is 0.368. The average molecular weight is 186 g/mol. The fraction of sp³-hybridized carbons (Fsp3) is 0.231. The monoisotopic (exact) mass is 186 g/mol. The van der Waals surface area contributed by atoms with Gasteiger partial charge in [0.15, 0.2) is 0 Å². The standard InChI is InChI=1S/C13H14O/c1-8-9(2)12-6-5-11(14-4)7-13(12)10(8)3/h5-7,10H,1-2H2,3-4H3. The first-order valence-electron chi connectivity index (χ1n) is 4.71. The van der Waals surface area contributed by atoms with Crippen LogP contribution in [0.1, 0.15) is 24.0 Å². The first kappa shape index (κ1) is 9.07. The van der Waals surface area contributed by atoms with E-state index in [9.17, 15) is 0 Å². The Bertz CT molecular complexity index is 415. The summed E-state index contributed by atoms with van der Waals surface area (Å²) in [6.45, 7) is 10.2. The third kappa shape index (κ3) is 1.09. The maximum atomic E-state index is 5.20. The molecule has 0 saturated carbocycles. The number of hydrogen-bond acceptors (Lipinski definition) is 1. The molecule has 1 aliphatic rings. The van der Waals surface area contributed by atoms with E-state index in [1.165, 1.54) is 11.1 Å². The van der Waals surface area contributed by atoms with Crippen LogP contribution in [-0.2, 0) is 0 Å². The lowest BCUT2D eigenvalue weighted by Gasteiger charge is -2.06. The molecule has 0 bridgehead atoms. The van der Waals surface area contributed by atoms with Crippen molar-refractivity contribution in [1.29, 1.82) is 0 Å². The van der Waals surface area contributed by atoms with Crippen molar-refractivity contribution < 1.29 is 4.74 Å². The Morgan fingerprint density at radius 3 is 2.64 bits per heavy atom. The Morgan fingerprint density at radius 1 is 1.29 bits per heavy atom. The van der Waals surface area contributed by atoms with Crippen molar-refractivity contribution in [3.05, 3.63) is 48.1 Å². The molecule has 1 aromatic rings. The van der Waals surface area contributed by atoms with Gasteiger partial charge in [-0.15, -0.1) is 0 Å². The molecular formula is C13H14O. The predicted octanol–water partition coefficient (Wildman–Crippen LogP) is 3.38. The van der Waals surface area contributed by atoms with Gasteiger partial charge in [-0.2, -0.15) is 0 Å². The van der Waals surface area contributed by atoms with Crippen LogP contribution in [0.15, 0.2) is 36.9 Å². The molecule has 0 aliphatic heterocycles. The lowest BCUT2D eigenvalue weighted by Crippen LogP contribution is -1.89. The molecule has 1 unspecified atom stereocenters. The topological polar surface area (TPSA) is 9.23 Å². The van der Waals surface area contributed by atoms with E-state index < -0.39 is 0 Å². The summed E-state index contributed by atoms with van der Waals surface area (Å²) in [5.74, 6) is 1.27. The molecule has 0 amide bonds. The molecule has 0 heterocycles. The molecular weight excluding hydrogens is 172 g/mol. The van der Waals surface area contributed by atoms with Gasteiger partial charge < -0.3 is 4.74 Å². The van der Waals surface area contributed by atoms with Gasteiger partial charge in [-0.3, -0.25) is 0 Å². The van der Waals surface area contributed by atoms with Crippen LogP contribution in [0.3, 0.4) is 0 Å². The summed E-state index contributed by atoms with van der Waals surface area (Å²) in [5, 5.41) is 0. The normalized spacial score (nSPS) is 19.7. The van der Waals surface area contributed by atoms with Crippen LogP contribution < -0.4 is 4.74 Å². The Kier molecular flexibility index (Phi) is 1.95. The van der Waals surface area contributed by atoms with Gasteiger partial charge in [0, 0.05) is 5.92 Å². The summed E-state index contributed by atoms with van der Waals surface area (Å²) in [7, 11) is 1.69. The third-order valence-corrected chi connectivity index (χ3v) is 2.96. The highest BCUT2D eigenvalue weighted by Crippen LogP contribution is 2.44. The van der Waals surface area contributed by atoms with Crippen molar-refractivity contribution >= 4 is 5.57 Å². The predicted molar refractivity (Wildman–Crippen MR) is 59.6 cm³/mol. The largest absolute Gasteiger partial charge is 0.497 e. The van der Waals surface area contributed by atoms with Gasteiger partial charge >= 0.3 is 0 Å². The second-order valence-electron chi connectivity index (χ2n) is 3.68. The number of allylic oxidation sites excluding steroid dienone is 2. The lowest BCUT2D eigenvalue weighted by atomic mass is 10.0. The first-order valence-corrected chi connectivity index (χ1v) is 4.71. The molecule has 72 valence electrons. The highest BCUT2D eigenvalue weighted by molar-refractivity contribution is 5.86. The van der Waals surface area contributed by atoms with E-state index in [0.29, 0.717) is 5.92 Å². The van der Waals surface area contributed by atoms with E-state index in [1.807, 2.05) is 6.07 Å². The maximum Gasteiger partial charge on any atom is 0.119 e. The molecule has 0 saturated heterocycles. The maximum absolute atomic E-state index is 5.20. The van der Waals surface area contributed by atoms with Gasteiger partial charge in [0.25, 0.3) is 0 Å². The number of fused-ring (bicyclic) bond motifs is 1. The molecule has 1 atom stereocenters. The summed E-state index contributed by atoms with van der Waals surface area (Å²) in [6.07, 6.45) is 0. The van der Waals surface area contributed by atoms with Crippen LogP contribution in [0.2, 0.25) is 0 Å². The number of hydrogen-bond donors (Lipinski definition) is 0. The van der Waals surface area contributed by atoms with E-state index in [1.54, 1.807) is 7.11 Å². The van der Waals surface area contributed by atoms with Gasteiger partial charge in [0.2, 0.25) is 0 Å². The minimum atomic E-state index is 0.368. The average Bonchev–Trinajstić information content (AvgIpc) is 2.44. The molecule has 1 aromatic carbocycles. The van der Waals surface area contributed by atoms with E-state index in [-0.39, 0.29) is 0 Å². The molecule has 0 N–H and O–H groups in total. The number of methoxy groups -OCH3 is 1. The zero-order chi connectivity index (χ0) is 10.3. The molecule has 0 radical (unpaired) electrons.